The van der Waals surface area contributed by atoms with Crippen LogP contribution in [-0.2, 0) is 10.0 Å². The molecule has 0 amide bonds. The van der Waals surface area contributed by atoms with Gasteiger partial charge in [0.15, 0.2) is 0 Å². The van der Waals surface area contributed by atoms with E-state index in [1.807, 2.05) is 0 Å². The summed E-state index contributed by atoms with van der Waals surface area (Å²) in [6.45, 7) is -0.403. The van der Waals surface area contributed by atoms with Crippen molar-refractivity contribution >= 4 is 21.4 Å². The Morgan fingerprint density at radius 3 is 2.33 bits per heavy atom. The second kappa shape index (κ2) is 5.44. The van der Waals surface area contributed by atoms with Crippen molar-refractivity contribution < 1.29 is 21.6 Å². The van der Waals surface area contributed by atoms with Gasteiger partial charge in [-0.15, -0.1) is 0 Å². The van der Waals surface area contributed by atoms with E-state index in [1.165, 1.54) is 4.72 Å². The number of halogens is 3. The van der Waals surface area contributed by atoms with Crippen LogP contribution in [0.4, 0.5) is 24.5 Å². The minimum atomic E-state index is -5.29. The molecule has 0 aromatic heterocycles. The fraction of sp³-hybridized carbons (Fsp3) is 0.333. The van der Waals surface area contributed by atoms with Crippen LogP contribution >= 0.6 is 0 Å². The van der Waals surface area contributed by atoms with Gasteiger partial charge in [0.1, 0.15) is 0 Å². The first-order valence-electron chi connectivity index (χ1n) is 4.88. The Kier molecular flexibility index (Phi) is 4.41. The molecule has 0 atom stereocenters. The summed E-state index contributed by atoms with van der Waals surface area (Å²) in [5.41, 5.74) is 1.24. The number of nitrogens with two attached hydrogens (primary N) is 1. The number of hydrogen-bond donors (Lipinski definition) is 3. The lowest BCUT2D eigenvalue weighted by atomic mass is 10.3. The fourth-order valence-corrected chi connectivity index (χ4v) is 1.66. The van der Waals surface area contributed by atoms with Crippen LogP contribution in [0, 0.1) is 0 Å². The molecule has 0 saturated carbocycles. The van der Waals surface area contributed by atoms with Crippen molar-refractivity contribution in [2.24, 2.45) is 0 Å². The first kappa shape index (κ1) is 14.6. The first-order chi connectivity index (χ1) is 8.24. The topological polar surface area (TPSA) is 84.2 Å². The van der Waals surface area contributed by atoms with Crippen molar-refractivity contribution in [3.8, 4) is 0 Å². The molecule has 0 bridgehead atoms. The van der Waals surface area contributed by atoms with Gasteiger partial charge in [0.25, 0.3) is 0 Å². The number of sulfonamides is 1. The summed E-state index contributed by atoms with van der Waals surface area (Å²) in [5, 5.41) is 2.72. The number of benzene rings is 1. The normalized spacial score (nSPS) is 12.4. The highest BCUT2D eigenvalue weighted by atomic mass is 32.2. The maximum atomic E-state index is 12.0. The molecule has 1 rings (SSSR count). The zero-order valence-corrected chi connectivity index (χ0v) is 9.98. The standard InChI is InChI=1S/C9H12F3N3O2S/c10-9(11,12)18(16,17)15-6-5-14-8-4-2-1-3-7(8)13/h1-4,14-15H,5-6,13H2. The van der Waals surface area contributed by atoms with E-state index in [4.69, 9.17) is 5.73 Å². The van der Waals surface area contributed by atoms with Gasteiger partial charge in [-0.2, -0.15) is 13.2 Å². The van der Waals surface area contributed by atoms with Crippen LogP contribution in [0.2, 0.25) is 0 Å². The van der Waals surface area contributed by atoms with Crippen molar-refractivity contribution in [2.45, 2.75) is 5.51 Å². The third kappa shape index (κ3) is 3.77. The van der Waals surface area contributed by atoms with E-state index < -0.39 is 22.1 Å². The molecule has 0 heterocycles. The second-order valence-corrected chi connectivity index (χ2v) is 5.12. The number of nitrogens with one attached hydrogen (secondary N) is 2. The van der Waals surface area contributed by atoms with E-state index in [1.54, 1.807) is 24.3 Å². The molecule has 0 aliphatic heterocycles. The highest BCUT2D eigenvalue weighted by Gasteiger charge is 2.45. The largest absolute Gasteiger partial charge is 0.511 e. The van der Waals surface area contributed by atoms with Crippen LogP contribution in [0.5, 0.6) is 0 Å². The lowest BCUT2D eigenvalue weighted by Crippen LogP contribution is -2.38. The fourth-order valence-electron chi connectivity index (χ4n) is 1.12. The van der Waals surface area contributed by atoms with Gasteiger partial charge in [0, 0.05) is 13.1 Å². The highest BCUT2D eigenvalue weighted by molar-refractivity contribution is 7.90. The molecule has 0 aliphatic rings. The number of para-hydroxylation sites is 2. The number of rotatable bonds is 5. The summed E-state index contributed by atoms with van der Waals surface area (Å²) in [6, 6.07) is 6.64. The molecule has 5 nitrogen and oxygen atoms in total. The average molecular weight is 283 g/mol. The Balaban J connectivity index is 2.43. The zero-order valence-electron chi connectivity index (χ0n) is 9.16. The highest BCUT2D eigenvalue weighted by Crippen LogP contribution is 2.21. The van der Waals surface area contributed by atoms with Gasteiger partial charge in [-0.3, -0.25) is 0 Å². The van der Waals surface area contributed by atoms with E-state index in [9.17, 15) is 21.6 Å². The van der Waals surface area contributed by atoms with E-state index in [0.717, 1.165) is 0 Å². The zero-order chi connectivity index (χ0) is 13.8. The maximum Gasteiger partial charge on any atom is 0.511 e. The summed E-state index contributed by atoms with van der Waals surface area (Å²) in [4.78, 5) is 0. The average Bonchev–Trinajstić information content (AvgIpc) is 2.25. The molecule has 0 radical (unpaired) electrons. The maximum absolute atomic E-state index is 12.0. The molecule has 9 heteroatoms. The van der Waals surface area contributed by atoms with Crippen LogP contribution < -0.4 is 15.8 Å². The smallest absolute Gasteiger partial charge is 0.397 e. The SMILES string of the molecule is Nc1ccccc1NCCNS(=O)(=O)C(F)(F)F. The summed E-state index contributed by atoms with van der Waals surface area (Å²) in [6.07, 6.45) is 0. The Morgan fingerprint density at radius 2 is 1.78 bits per heavy atom. The molecule has 0 unspecified atom stereocenters. The lowest BCUT2D eigenvalue weighted by molar-refractivity contribution is -0.0447. The van der Waals surface area contributed by atoms with Crippen molar-refractivity contribution in [1.82, 2.24) is 4.72 Å². The minimum absolute atomic E-state index is 0.0104. The third-order valence-electron chi connectivity index (χ3n) is 2.00. The number of nitrogen functional groups attached to an aromatic ring is 1. The Bertz CT molecular complexity index is 502. The molecule has 0 fully saturated rings. The lowest BCUT2D eigenvalue weighted by Gasteiger charge is -2.11. The monoisotopic (exact) mass is 283 g/mol. The minimum Gasteiger partial charge on any atom is -0.397 e. The number of hydrogen-bond acceptors (Lipinski definition) is 4. The Labute approximate surface area is 102 Å². The van der Waals surface area contributed by atoms with Crippen molar-refractivity contribution in [3.63, 3.8) is 0 Å². The van der Waals surface area contributed by atoms with Gasteiger partial charge in [-0.1, -0.05) is 12.1 Å². The van der Waals surface area contributed by atoms with E-state index >= 15 is 0 Å². The van der Waals surface area contributed by atoms with Crippen LogP contribution in [0.1, 0.15) is 0 Å². The van der Waals surface area contributed by atoms with Crippen LogP contribution in [-0.4, -0.2) is 27.0 Å². The quantitative estimate of drug-likeness (QED) is 0.558. The molecule has 0 spiro atoms. The molecular formula is C9H12F3N3O2S. The molecule has 18 heavy (non-hydrogen) atoms. The summed E-state index contributed by atoms with van der Waals surface area (Å²) >= 11 is 0. The van der Waals surface area contributed by atoms with E-state index in [-0.39, 0.29) is 6.54 Å². The molecule has 0 aliphatic carbocycles. The van der Waals surface area contributed by atoms with Gasteiger partial charge >= 0.3 is 15.5 Å². The predicted molar refractivity (Wildman–Crippen MR) is 62.3 cm³/mol. The van der Waals surface area contributed by atoms with Gasteiger partial charge in [0.2, 0.25) is 0 Å². The molecule has 1 aromatic carbocycles. The molecule has 0 saturated heterocycles. The van der Waals surface area contributed by atoms with Crippen molar-refractivity contribution in [2.75, 3.05) is 24.1 Å². The third-order valence-corrected chi connectivity index (χ3v) is 3.19. The summed E-state index contributed by atoms with van der Waals surface area (Å²) in [5.74, 6) is 0. The van der Waals surface area contributed by atoms with Gasteiger partial charge in [0.05, 0.1) is 11.4 Å². The van der Waals surface area contributed by atoms with Crippen molar-refractivity contribution in [3.05, 3.63) is 24.3 Å². The Hall–Kier alpha value is -1.48. The number of anilines is 2. The predicted octanol–water partition coefficient (Wildman–Crippen LogP) is 1.12. The number of alkyl halides is 3. The molecule has 1 aromatic rings. The molecule has 102 valence electrons. The van der Waals surface area contributed by atoms with Crippen LogP contribution in [0.3, 0.4) is 0 Å². The van der Waals surface area contributed by atoms with Gasteiger partial charge < -0.3 is 11.1 Å². The van der Waals surface area contributed by atoms with Gasteiger partial charge in [-0.25, -0.2) is 13.1 Å². The molecule has 4 N–H and O–H groups in total. The second-order valence-electron chi connectivity index (χ2n) is 3.36. The summed E-state index contributed by atoms with van der Waals surface area (Å²) in [7, 11) is -5.28. The van der Waals surface area contributed by atoms with Crippen molar-refractivity contribution in [1.29, 1.82) is 0 Å². The van der Waals surface area contributed by atoms with E-state index in [2.05, 4.69) is 5.32 Å². The first-order valence-corrected chi connectivity index (χ1v) is 6.36. The van der Waals surface area contributed by atoms with Gasteiger partial charge in [-0.05, 0) is 12.1 Å². The van der Waals surface area contributed by atoms with Crippen LogP contribution in [0.25, 0.3) is 0 Å². The summed E-state index contributed by atoms with van der Waals surface area (Å²) < 4.78 is 58.6. The van der Waals surface area contributed by atoms with E-state index in [0.29, 0.717) is 11.4 Å². The van der Waals surface area contributed by atoms with Crippen LogP contribution in [0.15, 0.2) is 24.3 Å². The molecular weight excluding hydrogens is 271 g/mol. The Morgan fingerprint density at radius 1 is 1.17 bits per heavy atom.